The Hall–Kier alpha value is -5.88. The first-order valence-corrected chi connectivity index (χ1v) is 13.9. The minimum atomic E-state index is 0.779. The number of furan rings is 1. The van der Waals surface area contributed by atoms with Crippen LogP contribution in [-0.4, -0.2) is 24.7 Å². The number of para-hydroxylation sites is 6. The molecular weight excluding hydrogens is 518 g/mol. The van der Waals surface area contributed by atoms with E-state index in [1.165, 1.54) is 6.21 Å². The molecule has 0 spiro atoms. The van der Waals surface area contributed by atoms with Crippen LogP contribution in [-0.2, 0) is 0 Å². The molecule has 42 heavy (non-hydrogen) atoms. The fourth-order valence-corrected chi connectivity index (χ4v) is 6.66. The van der Waals surface area contributed by atoms with E-state index < -0.39 is 0 Å². The van der Waals surface area contributed by atoms with Crippen molar-refractivity contribution in [1.82, 2.24) is 18.5 Å². The van der Waals surface area contributed by atoms with Crippen LogP contribution in [0.1, 0.15) is 11.3 Å². The topological polar surface area (TPSA) is 64.2 Å². The highest BCUT2D eigenvalue weighted by Crippen LogP contribution is 2.40. The Labute approximate surface area is 239 Å². The number of benzene rings is 5. The van der Waals surface area contributed by atoms with Crippen LogP contribution in [0.2, 0.25) is 0 Å². The summed E-state index contributed by atoms with van der Waals surface area (Å²) in [6, 6.07) is 37.3. The maximum Gasteiger partial charge on any atom is 0.220 e. The molecule has 9 rings (SSSR count). The highest BCUT2D eigenvalue weighted by atomic mass is 16.3. The third-order valence-electron chi connectivity index (χ3n) is 8.36. The van der Waals surface area contributed by atoms with Gasteiger partial charge in [0.15, 0.2) is 5.58 Å². The predicted molar refractivity (Wildman–Crippen MR) is 172 cm³/mol. The van der Waals surface area contributed by atoms with Crippen LogP contribution in [0, 0.1) is 5.41 Å². The van der Waals surface area contributed by atoms with E-state index in [2.05, 4.69) is 92.9 Å². The monoisotopic (exact) mass is 541 g/mol. The predicted octanol–water partition coefficient (Wildman–Crippen LogP) is 8.92. The number of nitrogens with zero attached hydrogens (tertiary/aromatic N) is 4. The van der Waals surface area contributed by atoms with E-state index in [0.717, 1.165) is 83.3 Å². The van der Waals surface area contributed by atoms with Gasteiger partial charge in [0.25, 0.3) is 0 Å². The average molecular weight is 542 g/mol. The number of rotatable bonds is 4. The van der Waals surface area contributed by atoms with Crippen LogP contribution in [0.15, 0.2) is 120 Å². The summed E-state index contributed by atoms with van der Waals surface area (Å²) in [5, 5.41) is 11.2. The van der Waals surface area contributed by atoms with Crippen LogP contribution in [0.4, 0.5) is 0 Å². The molecule has 0 aliphatic carbocycles. The Morgan fingerprint density at radius 1 is 0.667 bits per heavy atom. The average Bonchev–Trinajstić information content (AvgIpc) is 3.77. The molecule has 6 heteroatoms. The highest BCUT2D eigenvalue weighted by Gasteiger charge is 2.23. The van der Waals surface area contributed by atoms with Gasteiger partial charge >= 0.3 is 0 Å². The molecule has 6 nitrogen and oxygen atoms in total. The maximum atomic E-state index is 8.16. The van der Waals surface area contributed by atoms with Gasteiger partial charge in [-0.15, -0.1) is 0 Å². The minimum absolute atomic E-state index is 0.779. The molecule has 4 heterocycles. The van der Waals surface area contributed by atoms with Crippen molar-refractivity contribution in [2.45, 2.75) is 0 Å². The van der Waals surface area contributed by atoms with Gasteiger partial charge in [-0.1, -0.05) is 67.2 Å². The van der Waals surface area contributed by atoms with Crippen molar-refractivity contribution in [1.29, 1.82) is 5.41 Å². The van der Waals surface area contributed by atoms with Crippen molar-refractivity contribution in [3.63, 3.8) is 0 Å². The molecule has 0 atom stereocenters. The van der Waals surface area contributed by atoms with E-state index in [1.54, 1.807) is 0 Å². The number of fused-ring (bicyclic) bond motifs is 9. The molecule has 0 aliphatic rings. The zero-order valence-corrected chi connectivity index (χ0v) is 22.5. The molecule has 0 amide bonds. The molecule has 0 fully saturated rings. The Bertz CT molecular complexity index is 2570. The lowest BCUT2D eigenvalue weighted by Gasteiger charge is -2.10. The van der Waals surface area contributed by atoms with Crippen LogP contribution in [0.3, 0.4) is 0 Å². The largest absolute Gasteiger partial charge is 0.454 e. The fourth-order valence-electron chi connectivity index (χ4n) is 6.66. The number of imidazole rings is 2. The van der Waals surface area contributed by atoms with Gasteiger partial charge in [-0.3, -0.25) is 8.97 Å². The summed E-state index contributed by atoms with van der Waals surface area (Å²) < 4.78 is 13.3. The van der Waals surface area contributed by atoms with Crippen molar-refractivity contribution in [3.05, 3.63) is 127 Å². The number of hydrogen-bond acceptors (Lipinski definition) is 3. The second kappa shape index (κ2) is 8.32. The lowest BCUT2D eigenvalue weighted by molar-refractivity contribution is 0.665. The lowest BCUT2D eigenvalue weighted by Crippen LogP contribution is -1.98. The zero-order valence-electron chi connectivity index (χ0n) is 22.5. The summed E-state index contributed by atoms with van der Waals surface area (Å²) in [6.45, 7) is 4.10. The van der Waals surface area contributed by atoms with Gasteiger partial charge < -0.3 is 14.4 Å². The van der Waals surface area contributed by atoms with Gasteiger partial charge in [0.05, 0.1) is 50.0 Å². The summed E-state index contributed by atoms with van der Waals surface area (Å²) >= 11 is 0. The Morgan fingerprint density at radius 2 is 1.36 bits per heavy atom. The quantitative estimate of drug-likeness (QED) is 0.226. The third kappa shape index (κ3) is 2.82. The first-order valence-electron chi connectivity index (χ1n) is 13.9. The van der Waals surface area contributed by atoms with Gasteiger partial charge in [-0.05, 0) is 54.6 Å². The maximum absolute atomic E-state index is 8.16. The second-order valence-electron chi connectivity index (χ2n) is 10.5. The third-order valence-corrected chi connectivity index (χ3v) is 8.36. The molecule has 0 unspecified atom stereocenters. The molecule has 198 valence electrons. The Kier molecular flexibility index (Phi) is 4.53. The molecule has 5 aromatic carbocycles. The van der Waals surface area contributed by atoms with Crippen molar-refractivity contribution in [2.24, 2.45) is 0 Å². The van der Waals surface area contributed by atoms with E-state index in [1.807, 2.05) is 42.5 Å². The molecular formula is C36H23N5O. The standard InChI is InChI=1S/C36H23N5O/c1-2-26-24(21-37)22-11-3-5-14-27(22)39(26)32-19-9-12-23-34-31(18-10-20-33(34)42-35(23)32)41-30-17-8-7-16-29(30)40-28-15-6-4-13-25(28)38-36(40)41/h2-21,37H,1H2. The normalized spacial score (nSPS) is 12.0. The summed E-state index contributed by atoms with van der Waals surface area (Å²) in [5.74, 6) is 0.858. The lowest BCUT2D eigenvalue weighted by atomic mass is 10.1. The highest BCUT2D eigenvalue weighted by molar-refractivity contribution is 6.13. The summed E-state index contributed by atoms with van der Waals surface area (Å²) in [5.41, 5.74) is 10.4. The first-order chi connectivity index (χ1) is 20.8. The first kappa shape index (κ1) is 22.9. The molecule has 0 radical (unpaired) electrons. The van der Waals surface area contributed by atoms with E-state index in [4.69, 9.17) is 14.8 Å². The zero-order chi connectivity index (χ0) is 27.9. The van der Waals surface area contributed by atoms with E-state index in [9.17, 15) is 0 Å². The van der Waals surface area contributed by atoms with Gasteiger partial charge in [0, 0.05) is 22.6 Å². The van der Waals surface area contributed by atoms with Gasteiger partial charge in [0.2, 0.25) is 5.78 Å². The van der Waals surface area contributed by atoms with Crippen molar-refractivity contribution < 1.29 is 4.42 Å². The Morgan fingerprint density at radius 3 is 2.19 bits per heavy atom. The number of hydrogen-bond donors (Lipinski definition) is 1. The Balaban J connectivity index is 1.41. The van der Waals surface area contributed by atoms with E-state index in [0.29, 0.717) is 0 Å². The van der Waals surface area contributed by atoms with Crippen molar-refractivity contribution in [2.75, 3.05) is 0 Å². The molecule has 0 bridgehead atoms. The van der Waals surface area contributed by atoms with Crippen LogP contribution < -0.4 is 0 Å². The molecule has 4 aromatic heterocycles. The summed E-state index contributed by atoms with van der Waals surface area (Å²) in [6.07, 6.45) is 3.22. The fraction of sp³-hybridized carbons (Fsp3) is 0. The van der Waals surface area contributed by atoms with Crippen LogP contribution in [0.5, 0.6) is 0 Å². The SMILES string of the molecule is C=Cc1c(C=N)c2ccccc2n1-c1cccc2c1oc1cccc(-n3c4ccccc4n4c5ccccc5nc34)c12. The van der Waals surface area contributed by atoms with Crippen molar-refractivity contribution >= 4 is 73.0 Å². The molecule has 1 N–H and O–H groups in total. The van der Waals surface area contributed by atoms with Crippen LogP contribution >= 0.6 is 0 Å². The molecule has 0 saturated heterocycles. The molecule has 0 aliphatic heterocycles. The molecule has 0 saturated carbocycles. The van der Waals surface area contributed by atoms with E-state index >= 15 is 0 Å². The minimum Gasteiger partial charge on any atom is -0.454 e. The van der Waals surface area contributed by atoms with E-state index in [-0.39, 0.29) is 0 Å². The molecule has 9 aromatic rings. The van der Waals surface area contributed by atoms with Gasteiger partial charge in [-0.2, -0.15) is 0 Å². The second-order valence-corrected chi connectivity index (χ2v) is 10.5. The van der Waals surface area contributed by atoms with Gasteiger partial charge in [0.1, 0.15) is 5.58 Å². The number of nitrogens with one attached hydrogen (secondary N) is 1. The number of aromatic nitrogens is 4. The summed E-state index contributed by atoms with van der Waals surface area (Å²) in [4.78, 5) is 5.09. The van der Waals surface area contributed by atoms with Crippen molar-refractivity contribution in [3.8, 4) is 11.4 Å². The van der Waals surface area contributed by atoms with Crippen LogP contribution in [0.25, 0.3) is 78.1 Å². The summed E-state index contributed by atoms with van der Waals surface area (Å²) in [7, 11) is 0. The smallest absolute Gasteiger partial charge is 0.220 e. The van der Waals surface area contributed by atoms with Gasteiger partial charge in [-0.25, -0.2) is 4.98 Å².